The number of ether oxygens (including phenoxy) is 3. The van der Waals surface area contributed by atoms with Gasteiger partial charge in [0.05, 0.1) is 29.8 Å². The van der Waals surface area contributed by atoms with Gasteiger partial charge in [-0.25, -0.2) is 0 Å². The second-order valence-electron chi connectivity index (χ2n) is 6.81. The monoisotopic (exact) mass is 366 g/mol. The number of fused-ring (bicyclic) bond motifs is 1. The third-order valence-electron chi connectivity index (χ3n) is 5.08. The van der Waals surface area contributed by atoms with Gasteiger partial charge in [-0.2, -0.15) is 0 Å². The van der Waals surface area contributed by atoms with Crippen LogP contribution in [0.1, 0.15) is 19.3 Å². The Hall–Kier alpha value is -1.50. The van der Waals surface area contributed by atoms with Crippen molar-refractivity contribution in [2.24, 2.45) is 5.92 Å². The maximum absolute atomic E-state index is 12.5. The van der Waals surface area contributed by atoms with Gasteiger partial charge in [0.25, 0.3) is 0 Å². The van der Waals surface area contributed by atoms with Crippen molar-refractivity contribution in [3.63, 3.8) is 0 Å². The van der Waals surface area contributed by atoms with Gasteiger partial charge < -0.3 is 19.5 Å². The summed E-state index contributed by atoms with van der Waals surface area (Å²) in [4.78, 5) is 14.9. The van der Waals surface area contributed by atoms with Crippen molar-refractivity contribution in [3.8, 4) is 11.5 Å². The zero-order valence-electron chi connectivity index (χ0n) is 14.1. The minimum absolute atomic E-state index is 0.00916. The maximum atomic E-state index is 12.5. The minimum Gasteiger partial charge on any atom is -0.490 e. The van der Waals surface area contributed by atoms with E-state index in [-0.39, 0.29) is 11.8 Å². The van der Waals surface area contributed by atoms with E-state index in [1.54, 1.807) is 12.1 Å². The van der Waals surface area contributed by atoms with Gasteiger partial charge in [-0.3, -0.25) is 9.69 Å². The van der Waals surface area contributed by atoms with E-state index in [4.69, 9.17) is 25.8 Å². The van der Waals surface area contributed by atoms with E-state index in [1.807, 2.05) is 0 Å². The number of rotatable bonds is 3. The first-order valence-electron chi connectivity index (χ1n) is 8.92. The predicted octanol–water partition coefficient (Wildman–Crippen LogP) is 2.55. The fourth-order valence-corrected chi connectivity index (χ4v) is 3.74. The molecule has 1 aromatic carbocycles. The van der Waals surface area contributed by atoms with Crippen molar-refractivity contribution >= 4 is 23.2 Å². The molecule has 4 rings (SSSR count). The van der Waals surface area contributed by atoms with Crippen molar-refractivity contribution in [2.45, 2.75) is 25.3 Å². The highest BCUT2D eigenvalue weighted by Gasteiger charge is 2.37. The summed E-state index contributed by atoms with van der Waals surface area (Å²) in [6.45, 7) is 4.47. The number of hydrogen-bond donors (Lipinski definition) is 1. The summed E-state index contributed by atoms with van der Waals surface area (Å²) in [5.74, 6) is 1.29. The van der Waals surface area contributed by atoms with Gasteiger partial charge in [-0.15, -0.1) is 0 Å². The molecule has 2 fully saturated rings. The first-order chi connectivity index (χ1) is 12.2. The van der Waals surface area contributed by atoms with Crippen LogP contribution in [0.4, 0.5) is 5.69 Å². The molecule has 1 aromatic rings. The lowest BCUT2D eigenvalue weighted by Gasteiger charge is -2.44. The lowest BCUT2D eigenvalue weighted by atomic mass is 9.93. The van der Waals surface area contributed by atoms with Crippen LogP contribution in [0, 0.1) is 5.92 Å². The zero-order valence-corrected chi connectivity index (χ0v) is 14.9. The number of carbonyl (C=O) groups is 1. The summed E-state index contributed by atoms with van der Waals surface area (Å²) in [5.41, 5.74) is 0.584. The molecule has 136 valence electrons. The highest BCUT2D eigenvalue weighted by atomic mass is 35.5. The smallest absolute Gasteiger partial charge is 0.230 e. The lowest BCUT2D eigenvalue weighted by molar-refractivity contribution is -0.127. The number of amides is 1. The van der Waals surface area contributed by atoms with Crippen LogP contribution in [0.25, 0.3) is 0 Å². The number of nitrogens with one attached hydrogen (secondary N) is 1. The molecule has 7 heteroatoms. The van der Waals surface area contributed by atoms with Crippen LogP contribution >= 0.6 is 11.6 Å². The Balaban J connectivity index is 1.36. The Morgan fingerprint density at radius 2 is 1.76 bits per heavy atom. The highest BCUT2D eigenvalue weighted by Crippen LogP contribution is 2.38. The van der Waals surface area contributed by atoms with E-state index in [1.165, 1.54) is 0 Å². The molecule has 25 heavy (non-hydrogen) atoms. The summed E-state index contributed by atoms with van der Waals surface area (Å²) in [5, 5.41) is 3.42. The van der Waals surface area contributed by atoms with Crippen LogP contribution in [0.5, 0.6) is 11.5 Å². The highest BCUT2D eigenvalue weighted by molar-refractivity contribution is 6.34. The summed E-state index contributed by atoms with van der Waals surface area (Å²) < 4.78 is 16.7. The first kappa shape index (κ1) is 16.9. The third-order valence-corrected chi connectivity index (χ3v) is 5.40. The Kier molecular flexibility index (Phi) is 5.01. The molecular formula is C18H23ClN2O4. The summed E-state index contributed by atoms with van der Waals surface area (Å²) in [6.07, 6.45) is 2.95. The Morgan fingerprint density at radius 1 is 1.08 bits per heavy atom. The number of carbonyl (C=O) groups excluding carboxylic acids is 1. The summed E-state index contributed by atoms with van der Waals surface area (Å²) in [7, 11) is 0. The largest absolute Gasteiger partial charge is 0.490 e. The molecule has 2 saturated heterocycles. The lowest BCUT2D eigenvalue weighted by Crippen LogP contribution is -2.57. The fourth-order valence-electron chi connectivity index (χ4n) is 3.54. The second kappa shape index (κ2) is 7.40. The molecular weight excluding hydrogens is 344 g/mol. The van der Waals surface area contributed by atoms with Crippen molar-refractivity contribution < 1.29 is 19.0 Å². The molecule has 0 spiro atoms. The van der Waals surface area contributed by atoms with Crippen LogP contribution < -0.4 is 14.8 Å². The maximum Gasteiger partial charge on any atom is 0.230 e. The molecule has 0 aromatic heterocycles. The van der Waals surface area contributed by atoms with Crippen molar-refractivity contribution in [2.75, 3.05) is 44.8 Å². The van der Waals surface area contributed by atoms with Crippen LogP contribution in [0.2, 0.25) is 5.02 Å². The van der Waals surface area contributed by atoms with Gasteiger partial charge in [0.1, 0.15) is 0 Å². The Bertz CT molecular complexity index is 642. The van der Waals surface area contributed by atoms with Gasteiger partial charge in [0.15, 0.2) is 11.5 Å². The van der Waals surface area contributed by atoms with E-state index >= 15 is 0 Å². The van der Waals surface area contributed by atoms with Crippen molar-refractivity contribution in [3.05, 3.63) is 17.2 Å². The number of benzene rings is 1. The third kappa shape index (κ3) is 3.71. The van der Waals surface area contributed by atoms with Crippen LogP contribution in [-0.2, 0) is 9.53 Å². The molecule has 1 N–H and O–H groups in total. The topological polar surface area (TPSA) is 60.0 Å². The molecule has 0 aliphatic carbocycles. The molecule has 0 bridgehead atoms. The van der Waals surface area contributed by atoms with Crippen LogP contribution in [0.3, 0.4) is 0 Å². The van der Waals surface area contributed by atoms with Gasteiger partial charge in [0.2, 0.25) is 5.91 Å². The molecule has 3 aliphatic heterocycles. The summed E-state index contributed by atoms with van der Waals surface area (Å²) >= 11 is 6.30. The standard InChI is InChI=1S/C18H23ClN2O4/c19-14-8-16-17(25-5-1-4-24-16)9-15(14)20-18(22)12-10-21(11-12)13-2-6-23-7-3-13/h8-9,12-13H,1-7,10-11H2,(H,20,22). The molecule has 0 atom stereocenters. The average Bonchev–Trinajstić information content (AvgIpc) is 2.80. The zero-order chi connectivity index (χ0) is 17.2. The van der Waals surface area contributed by atoms with E-state index in [0.717, 1.165) is 45.6 Å². The van der Waals surface area contributed by atoms with E-state index in [0.29, 0.717) is 41.5 Å². The molecule has 3 heterocycles. The van der Waals surface area contributed by atoms with Crippen LogP contribution in [0.15, 0.2) is 12.1 Å². The number of nitrogens with zero attached hydrogens (tertiary/aromatic N) is 1. The van der Waals surface area contributed by atoms with Crippen molar-refractivity contribution in [1.29, 1.82) is 0 Å². The van der Waals surface area contributed by atoms with Gasteiger partial charge in [0, 0.05) is 50.9 Å². The SMILES string of the molecule is O=C(Nc1cc2c(cc1Cl)OCCCO2)C1CN(C2CCOCC2)C1. The number of anilines is 1. The minimum atomic E-state index is 0.00916. The van der Waals surface area contributed by atoms with Gasteiger partial charge >= 0.3 is 0 Å². The molecule has 3 aliphatic rings. The number of likely N-dealkylation sites (tertiary alicyclic amines) is 1. The van der Waals surface area contributed by atoms with E-state index < -0.39 is 0 Å². The number of halogens is 1. The average molecular weight is 367 g/mol. The second-order valence-corrected chi connectivity index (χ2v) is 7.22. The first-order valence-corrected chi connectivity index (χ1v) is 9.30. The fraction of sp³-hybridized carbons (Fsp3) is 0.611. The molecule has 0 radical (unpaired) electrons. The van der Waals surface area contributed by atoms with Gasteiger partial charge in [-0.05, 0) is 12.8 Å². The molecule has 1 amide bonds. The molecule has 6 nitrogen and oxygen atoms in total. The normalized spacial score (nSPS) is 22.1. The van der Waals surface area contributed by atoms with Crippen molar-refractivity contribution in [1.82, 2.24) is 4.90 Å². The van der Waals surface area contributed by atoms with E-state index in [9.17, 15) is 4.79 Å². The van der Waals surface area contributed by atoms with E-state index in [2.05, 4.69) is 10.2 Å². The quantitative estimate of drug-likeness (QED) is 0.890. The van der Waals surface area contributed by atoms with Gasteiger partial charge in [-0.1, -0.05) is 11.6 Å². The summed E-state index contributed by atoms with van der Waals surface area (Å²) in [6, 6.07) is 4.03. The predicted molar refractivity (Wildman–Crippen MR) is 94.6 cm³/mol. The Labute approximate surface area is 152 Å². The Morgan fingerprint density at radius 3 is 2.48 bits per heavy atom. The molecule has 0 saturated carbocycles. The number of hydrogen-bond acceptors (Lipinski definition) is 5. The molecule has 0 unspecified atom stereocenters. The van der Waals surface area contributed by atoms with Crippen LogP contribution in [-0.4, -0.2) is 56.4 Å².